The molecule has 0 N–H and O–H groups in total. The number of rotatable bonds is 2. The van der Waals surface area contributed by atoms with Gasteiger partial charge in [0.1, 0.15) is 0 Å². The molecule has 3 nitrogen and oxygen atoms in total. The van der Waals surface area contributed by atoms with Gasteiger partial charge in [-0.05, 0) is 12.5 Å². The van der Waals surface area contributed by atoms with E-state index in [1.54, 1.807) is 0 Å². The molecule has 0 unspecified atom stereocenters. The van der Waals surface area contributed by atoms with Gasteiger partial charge in [-0.3, -0.25) is 10.1 Å². The molecule has 0 fully saturated rings. The first-order valence-corrected chi connectivity index (χ1v) is 3.69. The number of hydrogen-bond acceptors (Lipinski definition) is 2. The first-order chi connectivity index (χ1) is 6.07. The number of hydrogen-bond donors (Lipinski definition) is 0. The second-order valence-electron chi connectivity index (χ2n) is 2.47. The monoisotopic (exact) mass is 187 g/mol. The first-order valence-electron chi connectivity index (χ1n) is 3.69. The van der Waals surface area contributed by atoms with Gasteiger partial charge in [-0.25, -0.2) is 8.78 Å². The van der Waals surface area contributed by atoms with Gasteiger partial charge in [0, 0.05) is 6.07 Å². The molecule has 0 saturated heterocycles. The highest BCUT2D eigenvalue weighted by molar-refractivity contribution is 5.41. The average Bonchev–Trinajstić information content (AvgIpc) is 2.09. The van der Waals surface area contributed by atoms with Crippen LogP contribution in [0, 0.1) is 21.7 Å². The summed E-state index contributed by atoms with van der Waals surface area (Å²) in [6.07, 6.45) is 0.0971. The molecule has 1 aromatic carbocycles. The summed E-state index contributed by atoms with van der Waals surface area (Å²) in [5, 5.41) is 10.4. The Morgan fingerprint density at radius 3 is 2.54 bits per heavy atom. The van der Waals surface area contributed by atoms with Crippen LogP contribution in [0.25, 0.3) is 0 Å². The fraction of sp³-hybridized carbons (Fsp3) is 0.250. The van der Waals surface area contributed by atoms with Crippen LogP contribution in [0.1, 0.15) is 12.5 Å². The van der Waals surface area contributed by atoms with Gasteiger partial charge in [-0.1, -0.05) is 6.92 Å². The zero-order valence-corrected chi connectivity index (χ0v) is 6.88. The molecule has 0 spiro atoms. The normalized spacial score (nSPS) is 10.1. The third-order valence-corrected chi connectivity index (χ3v) is 1.72. The van der Waals surface area contributed by atoms with Crippen molar-refractivity contribution in [2.45, 2.75) is 13.3 Å². The van der Waals surface area contributed by atoms with E-state index in [0.717, 1.165) is 12.1 Å². The van der Waals surface area contributed by atoms with E-state index in [9.17, 15) is 18.9 Å². The van der Waals surface area contributed by atoms with Gasteiger partial charge in [-0.2, -0.15) is 0 Å². The Morgan fingerprint density at radius 2 is 2.08 bits per heavy atom. The van der Waals surface area contributed by atoms with Crippen molar-refractivity contribution in [3.8, 4) is 0 Å². The fourth-order valence-corrected chi connectivity index (χ4v) is 1.09. The zero-order chi connectivity index (χ0) is 10.0. The van der Waals surface area contributed by atoms with Crippen molar-refractivity contribution in [2.24, 2.45) is 0 Å². The molecule has 0 heterocycles. The maximum Gasteiger partial charge on any atom is 0.275 e. The first kappa shape index (κ1) is 9.57. The highest BCUT2D eigenvalue weighted by atomic mass is 19.2. The van der Waals surface area contributed by atoms with Gasteiger partial charge in [0.25, 0.3) is 5.69 Å². The fourth-order valence-electron chi connectivity index (χ4n) is 1.09. The summed E-state index contributed by atoms with van der Waals surface area (Å²) in [7, 11) is 0. The smallest absolute Gasteiger partial charge is 0.258 e. The molecule has 0 saturated carbocycles. The summed E-state index contributed by atoms with van der Waals surface area (Å²) in [5.74, 6) is -2.18. The summed E-state index contributed by atoms with van der Waals surface area (Å²) in [4.78, 5) is 9.64. The summed E-state index contributed by atoms with van der Waals surface area (Å²) in [5.41, 5.74) is -0.564. The van der Waals surface area contributed by atoms with Crippen LogP contribution in [-0.2, 0) is 6.42 Å². The molecule has 0 aromatic heterocycles. The number of nitro groups is 1. The predicted octanol–water partition coefficient (Wildman–Crippen LogP) is 2.44. The summed E-state index contributed by atoms with van der Waals surface area (Å²) in [6.45, 7) is 1.53. The van der Waals surface area contributed by atoms with Crippen LogP contribution >= 0.6 is 0 Å². The number of nitro benzene ring substituents is 1. The molecule has 5 heteroatoms. The van der Waals surface area contributed by atoms with Crippen LogP contribution in [-0.4, -0.2) is 4.92 Å². The van der Waals surface area contributed by atoms with Crippen molar-refractivity contribution in [1.29, 1.82) is 0 Å². The summed E-state index contributed by atoms with van der Waals surface area (Å²) < 4.78 is 25.6. The molecule has 1 aromatic rings. The minimum Gasteiger partial charge on any atom is -0.258 e. The predicted molar refractivity (Wildman–Crippen MR) is 42.4 cm³/mol. The Hall–Kier alpha value is -1.52. The molecule has 0 atom stereocenters. The molecular formula is C8H7F2NO2. The van der Waals surface area contributed by atoms with E-state index in [-0.39, 0.29) is 17.7 Å². The van der Waals surface area contributed by atoms with E-state index in [4.69, 9.17) is 0 Å². The van der Waals surface area contributed by atoms with Crippen LogP contribution < -0.4 is 0 Å². The maximum absolute atomic E-state index is 12.9. The number of nitrogens with zero attached hydrogens (tertiary/aromatic N) is 1. The van der Waals surface area contributed by atoms with Crippen molar-refractivity contribution in [1.82, 2.24) is 0 Å². The molecule has 0 amide bonds. The highest BCUT2D eigenvalue weighted by Crippen LogP contribution is 2.23. The minimum absolute atomic E-state index is 0.0971. The Kier molecular flexibility index (Phi) is 2.55. The van der Waals surface area contributed by atoms with Crippen LogP contribution in [0.5, 0.6) is 0 Å². The Morgan fingerprint density at radius 1 is 1.46 bits per heavy atom. The van der Waals surface area contributed by atoms with Crippen LogP contribution in [0.4, 0.5) is 14.5 Å². The quantitative estimate of drug-likeness (QED) is 0.527. The van der Waals surface area contributed by atoms with Gasteiger partial charge in [-0.15, -0.1) is 0 Å². The van der Waals surface area contributed by atoms with Crippen molar-refractivity contribution < 1.29 is 13.7 Å². The SMILES string of the molecule is CCc1c([N+](=O)[O-])ccc(F)c1F. The van der Waals surface area contributed by atoms with E-state index >= 15 is 0 Å². The van der Waals surface area contributed by atoms with Gasteiger partial charge >= 0.3 is 0 Å². The Bertz CT molecular complexity index is 352. The lowest BCUT2D eigenvalue weighted by molar-refractivity contribution is -0.385. The van der Waals surface area contributed by atoms with Gasteiger partial charge < -0.3 is 0 Å². The lowest BCUT2D eigenvalue weighted by Crippen LogP contribution is -1.99. The molecule has 13 heavy (non-hydrogen) atoms. The lowest BCUT2D eigenvalue weighted by atomic mass is 10.1. The Balaban J connectivity index is 3.38. The molecule has 0 radical (unpaired) electrons. The van der Waals surface area contributed by atoms with Crippen LogP contribution in [0.15, 0.2) is 12.1 Å². The third-order valence-electron chi connectivity index (χ3n) is 1.72. The van der Waals surface area contributed by atoms with E-state index in [1.165, 1.54) is 6.92 Å². The molecule has 0 aliphatic rings. The van der Waals surface area contributed by atoms with E-state index in [0.29, 0.717) is 0 Å². The minimum atomic E-state index is -1.13. The largest absolute Gasteiger partial charge is 0.275 e. The van der Waals surface area contributed by atoms with Gasteiger partial charge in [0.15, 0.2) is 11.6 Å². The van der Waals surface area contributed by atoms with Crippen molar-refractivity contribution in [2.75, 3.05) is 0 Å². The second-order valence-corrected chi connectivity index (χ2v) is 2.47. The third kappa shape index (κ3) is 1.63. The zero-order valence-electron chi connectivity index (χ0n) is 6.88. The lowest BCUT2D eigenvalue weighted by Gasteiger charge is -2.01. The van der Waals surface area contributed by atoms with E-state index in [1.807, 2.05) is 0 Å². The standard InChI is InChI=1S/C8H7F2NO2/c1-2-5-7(11(12)13)4-3-6(9)8(5)10/h3-4H,2H2,1H3. The summed E-state index contributed by atoms with van der Waals surface area (Å²) in [6, 6.07) is 1.73. The number of halogens is 2. The van der Waals surface area contributed by atoms with Crippen molar-refractivity contribution in [3.05, 3.63) is 39.4 Å². The molecular weight excluding hydrogens is 180 g/mol. The van der Waals surface area contributed by atoms with Crippen molar-refractivity contribution >= 4 is 5.69 Å². The van der Waals surface area contributed by atoms with Crippen LogP contribution in [0.2, 0.25) is 0 Å². The molecule has 1 rings (SSSR count). The van der Waals surface area contributed by atoms with E-state index in [2.05, 4.69) is 0 Å². The van der Waals surface area contributed by atoms with E-state index < -0.39 is 16.6 Å². The topological polar surface area (TPSA) is 43.1 Å². The number of benzene rings is 1. The highest BCUT2D eigenvalue weighted by Gasteiger charge is 2.19. The molecule has 70 valence electrons. The molecule has 0 aliphatic carbocycles. The molecule has 0 bridgehead atoms. The average molecular weight is 187 g/mol. The van der Waals surface area contributed by atoms with Crippen LogP contribution in [0.3, 0.4) is 0 Å². The Labute approximate surface area is 73.1 Å². The maximum atomic E-state index is 12.9. The summed E-state index contributed by atoms with van der Waals surface area (Å²) >= 11 is 0. The van der Waals surface area contributed by atoms with Gasteiger partial charge in [0.2, 0.25) is 0 Å². The van der Waals surface area contributed by atoms with Gasteiger partial charge in [0.05, 0.1) is 10.5 Å². The van der Waals surface area contributed by atoms with Crippen molar-refractivity contribution in [3.63, 3.8) is 0 Å². The molecule has 0 aliphatic heterocycles. The second kappa shape index (κ2) is 3.47.